The number of hydrogen-bond acceptors (Lipinski definition) is 6. The molecular formula is C21H25N5O3S2. The van der Waals surface area contributed by atoms with Crippen molar-refractivity contribution < 1.29 is 13.2 Å². The van der Waals surface area contributed by atoms with Crippen LogP contribution in [0.3, 0.4) is 0 Å². The number of aromatic nitrogens is 2. The molecule has 1 aromatic carbocycles. The van der Waals surface area contributed by atoms with Gasteiger partial charge in [-0.2, -0.15) is 0 Å². The minimum atomic E-state index is -3.85. The zero-order chi connectivity index (χ0) is 22.6. The summed E-state index contributed by atoms with van der Waals surface area (Å²) in [5.41, 5.74) is 2.57. The average Bonchev–Trinajstić information content (AvgIpc) is 3.21. The molecule has 164 valence electrons. The smallest absolute Gasteiger partial charge is 0.319 e. The van der Waals surface area contributed by atoms with Gasteiger partial charge >= 0.3 is 6.03 Å². The topological polar surface area (TPSA) is 113 Å². The molecule has 0 aliphatic heterocycles. The summed E-state index contributed by atoms with van der Waals surface area (Å²) in [5.74, 6) is 0. The average molecular weight is 460 g/mol. The molecular weight excluding hydrogens is 434 g/mol. The van der Waals surface area contributed by atoms with E-state index in [2.05, 4.69) is 25.3 Å². The van der Waals surface area contributed by atoms with Crippen LogP contribution in [0.4, 0.5) is 10.5 Å². The van der Waals surface area contributed by atoms with Gasteiger partial charge in [-0.1, -0.05) is 12.1 Å². The van der Waals surface area contributed by atoms with E-state index in [1.807, 2.05) is 19.1 Å². The fourth-order valence-corrected chi connectivity index (χ4v) is 5.30. The Labute approximate surface area is 186 Å². The van der Waals surface area contributed by atoms with Crippen molar-refractivity contribution in [3.63, 3.8) is 0 Å². The highest BCUT2D eigenvalue weighted by Gasteiger charge is 2.26. The van der Waals surface area contributed by atoms with Crippen LogP contribution in [-0.4, -0.2) is 30.0 Å². The number of amides is 2. The maximum absolute atomic E-state index is 13.1. The second-order valence-corrected chi connectivity index (χ2v) is 10.5. The van der Waals surface area contributed by atoms with Gasteiger partial charge in [-0.25, -0.2) is 17.9 Å². The first-order chi connectivity index (χ1) is 14.5. The third-order valence-corrected chi connectivity index (χ3v) is 6.75. The fraction of sp³-hybridized carbons (Fsp3) is 0.286. The molecule has 0 saturated heterocycles. The van der Waals surface area contributed by atoms with Gasteiger partial charge in [-0.05, 0) is 52.0 Å². The Balaban J connectivity index is 1.87. The van der Waals surface area contributed by atoms with E-state index in [-0.39, 0.29) is 10.9 Å². The maximum Gasteiger partial charge on any atom is 0.319 e. The molecule has 8 nitrogen and oxygen atoms in total. The first-order valence-corrected chi connectivity index (χ1v) is 12.0. The van der Waals surface area contributed by atoms with Gasteiger partial charge in [-0.3, -0.25) is 9.97 Å². The summed E-state index contributed by atoms with van der Waals surface area (Å²) in [6, 6.07) is 9.47. The minimum Gasteiger partial charge on any atom is -0.330 e. The summed E-state index contributed by atoms with van der Waals surface area (Å²) in [6.07, 6.45) is 3.27. The predicted octanol–water partition coefficient (Wildman–Crippen LogP) is 4.16. The monoisotopic (exact) mass is 459 g/mol. The van der Waals surface area contributed by atoms with Crippen molar-refractivity contribution in [2.45, 2.75) is 44.2 Å². The third-order valence-electron chi connectivity index (χ3n) is 4.15. The number of nitrogens with one attached hydrogen (secondary N) is 3. The van der Waals surface area contributed by atoms with Crippen molar-refractivity contribution >= 4 is 33.1 Å². The minimum absolute atomic E-state index is 0.0715. The van der Waals surface area contributed by atoms with Crippen molar-refractivity contribution in [2.24, 2.45) is 0 Å². The van der Waals surface area contributed by atoms with Crippen LogP contribution in [0.2, 0.25) is 0 Å². The molecule has 3 rings (SSSR count). The van der Waals surface area contributed by atoms with Gasteiger partial charge in [0.15, 0.2) is 0 Å². The van der Waals surface area contributed by atoms with E-state index < -0.39 is 21.6 Å². The van der Waals surface area contributed by atoms with Crippen LogP contribution in [0.1, 0.15) is 39.4 Å². The highest BCUT2D eigenvalue weighted by molar-refractivity contribution is 7.89. The molecule has 0 aliphatic rings. The van der Waals surface area contributed by atoms with Crippen molar-refractivity contribution in [1.82, 2.24) is 20.0 Å². The van der Waals surface area contributed by atoms with Crippen molar-refractivity contribution in [3.8, 4) is 10.4 Å². The van der Waals surface area contributed by atoms with E-state index >= 15 is 0 Å². The molecule has 0 bridgehead atoms. The molecule has 3 N–H and O–H groups in total. The molecule has 0 unspecified atom stereocenters. The highest BCUT2D eigenvalue weighted by Crippen LogP contribution is 2.32. The lowest BCUT2D eigenvalue weighted by atomic mass is 10.1. The van der Waals surface area contributed by atoms with Crippen LogP contribution >= 0.6 is 11.3 Å². The number of carbonyl (C=O) groups is 1. The van der Waals surface area contributed by atoms with Crippen molar-refractivity contribution in [1.29, 1.82) is 0 Å². The van der Waals surface area contributed by atoms with E-state index in [9.17, 15) is 13.2 Å². The second-order valence-electron chi connectivity index (χ2n) is 8.01. The normalized spacial score (nSPS) is 12.9. The van der Waals surface area contributed by atoms with Crippen LogP contribution in [0, 0.1) is 0 Å². The quantitative estimate of drug-likeness (QED) is 0.512. The molecule has 0 fully saturated rings. The van der Waals surface area contributed by atoms with E-state index in [4.69, 9.17) is 0 Å². The summed E-state index contributed by atoms with van der Waals surface area (Å²) in [6.45, 7) is 7.13. The number of nitrogens with zero attached hydrogens (tertiary/aromatic N) is 2. The lowest BCUT2D eigenvalue weighted by Crippen LogP contribution is -2.40. The zero-order valence-corrected chi connectivity index (χ0v) is 19.3. The highest BCUT2D eigenvalue weighted by atomic mass is 32.2. The number of urea groups is 1. The summed E-state index contributed by atoms with van der Waals surface area (Å²) < 4.78 is 28.9. The summed E-state index contributed by atoms with van der Waals surface area (Å²) in [4.78, 5) is 21.5. The number of thiazole rings is 1. The summed E-state index contributed by atoms with van der Waals surface area (Å²) >= 11 is 1.34. The molecule has 2 heterocycles. The number of benzene rings is 1. The Morgan fingerprint density at radius 2 is 1.94 bits per heavy atom. The van der Waals surface area contributed by atoms with Gasteiger partial charge in [-0.15, -0.1) is 11.3 Å². The van der Waals surface area contributed by atoms with Crippen LogP contribution in [0.15, 0.2) is 59.2 Å². The molecule has 0 saturated carbocycles. The molecule has 1 atom stereocenters. The number of rotatable bonds is 6. The first kappa shape index (κ1) is 22.9. The summed E-state index contributed by atoms with van der Waals surface area (Å²) in [7, 11) is -3.85. The van der Waals surface area contributed by atoms with Crippen LogP contribution in [0.5, 0.6) is 0 Å². The van der Waals surface area contributed by atoms with Crippen LogP contribution in [0.25, 0.3) is 10.4 Å². The molecule has 0 aliphatic carbocycles. The molecule has 2 amide bonds. The maximum atomic E-state index is 13.1. The standard InChI is InChI=1S/C21H25N5O3S2/c1-14(17-7-5-6-10-23-17)24-20(27)25-15-8-9-16(18-12-22-13-30-18)19(11-15)31(28,29)26-21(2,3)4/h5-14,26H,1-4H3,(H2,24,25,27)/t14-/m0/s1. The Morgan fingerprint density at radius 3 is 2.55 bits per heavy atom. The van der Waals surface area contributed by atoms with Gasteiger partial charge in [0.2, 0.25) is 10.0 Å². The van der Waals surface area contributed by atoms with E-state index in [1.165, 1.54) is 17.4 Å². The lowest BCUT2D eigenvalue weighted by Gasteiger charge is -2.22. The lowest BCUT2D eigenvalue weighted by molar-refractivity contribution is 0.249. The Morgan fingerprint density at radius 1 is 1.16 bits per heavy atom. The van der Waals surface area contributed by atoms with Crippen molar-refractivity contribution in [3.05, 3.63) is 60.0 Å². The number of anilines is 1. The SMILES string of the molecule is C[C@H](NC(=O)Nc1ccc(-c2cncs2)c(S(=O)(=O)NC(C)(C)C)c1)c1ccccn1. The van der Waals surface area contributed by atoms with Crippen molar-refractivity contribution in [2.75, 3.05) is 5.32 Å². The number of sulfonamides is 1. The molecule has 0 radical (unpaired) electrons. The van der Waals surface area contributed by atoms with Crippen LogP contribution < -0.4 is 15.4 Å². The van der Waals surface area contributed by atoms with Gasteiger partial charge in [0.05, 0.1) is 27.0 Å². The zero-order valence-electron chi connectivity index (χ0n) is 17.7. The van der Waals surface area contributed by atoms with Gasteiger partial charge < -0.3 is 10.6 Å². The predicted molar refractivity (Wildman–Crippen MR) is 122 cm³/mol. The number of pyridine rings is 1. The van der Waals surface area contributed by atoms with Gasteiger partial charge in [0, 0.05) is 29.2 Å². The Hall–Kier alpha value is -2.82. The molecule has 10 heteroatoms. The molecule has 2 aromatic heterocycles. The number of carbonyl (C=O) groups excluding carboxylic acids is 1. The van der Waals surface area contributed by atoms with E-state index in [0.717, 1.165) is 5.69 Å². The van der Waals surface area contributed by atoms with E-state index in [0.29, 0.717) is 16.1 Å². The number of hydrogen-bond donors (Lipinski definition) is 3. The fourth-order valence-electron chi connectivity index (χ4n) is 2.90. The Bertz CT molecular complexity index is 1140. The van der Waals surface area contributed by atoms with Gasteiger partial charge in [0.25, 0.3) is 0 Å². The second kappa shape index (κ2) is 9.13. The van der Waals surface area contributed by atoms with Crippen LogP contribution in [-0.2, 0) is 10.0 Å². The largest absolute Gasteiger partial charge is 0.330 e. The van der Waals surface area contributed by atoms with E-state index in [1.54, 1.807) is 56.9 Å². The first-order valence-electron chi connectivity index (χ1n) is 9.60. The van der Waals surface area contributed by atoms with Gasteiger partial charge in [0.1, 0.15) is 0 Å². The molecule has 3 aromatic rings. The molecule has 0 spiro atoms. The summed E-state index contributed by atoms with van der Waals surface area (Å²) in [5, 5.41) is 5.51. The Kier molecular flexibility index (Phi) is 6.73. The third kappa shape index (κ3) is 6.09. The molecule has 31 heavy (non-hydrogen) atoms.